The van der Waals surface area contributed by atoms with Gasteiger partial charge in [0, 0.05) is 50.6 Å². The van der Waals surface area contributed by atoms with Gasteiger partial charge in [-0.05, 0) is 13.3 Å². The van der Waals surface area contributed by atoms with Gasteiger partial charge in [-0.15, -0.1) is 0 Å². The van der Waals surface area contributed by atoms with Crippen molar-refractivity contribution in [2.24, 2.45) is 0 Å². The predicted octanol–water partition coefficient (Wildman–Crippen LogP) is 1.77. The van der Waals surface area contributed by atoms with Gasteiger partial charge >= 0.3 is 11.9 Å². The molecule has 84 valence electrons. The molecule has 4 nitrogen and oxygen atoms in total. The van der Waals surface area contributed by atoms with Gasteiger partial charge < -0.3 is 9.84 Å². The summed E-state index contributed by atoms with van der Waals surface area (Å²) < 4.78 is 4.71. The van der Waals surface area contributed by atoms with Crippen molar-refractivity contribution in [3.05, 3.63) is 24.8 Å². The summed E-state index contributed by atoms with van der Waals surface area (Å²) in [6, 6.07) is 0. The molecule has 0 aromatic rings. The first-order valence-corrected chi connectivity index (χ1v) is 4.13. The summed E-state index contributed by atoms with van der Waals surface area (Å²) in [4.78, 5) is 19.8. The van der Waals surface area contributed by atoms with Crippen molar-refractivity contribution in [3.63, 3.8) is 0 Å². The Hall–Kier alpha value is -0.333. The van der Waals surface area contributed by atoms with E-state index >= 15 is 0 Å². The standard InChI is InChI=1S/C7H12O2.C3H4O2.2Zn/c1-4-5-9-7(8)6(2)3;1-2-3(4)5;;/h2,4-5H2,1,3H3;2H,1H2,(H,4,5);;. The Morgan fingerprint density at radius 3 is 1.94 bits per heavy atom. The molecule has 0 aliphatic rings. The second-order valence-electron chi connectivity index (χ2n) is 2.46. The number of carboxylic acid groups (broad SMARTS) is 1. The second kappa shape index (κ2) is 17.1. The zero-order valence-corrected chi connectivity index (χ0v) is 15.9. The number of esters is 1. The summed E-state index contributed by atoms with van der Waals surface area (Å²) in [5.74, 6) is -1.28. The van der Waals surface area contributed by atoms with Crippen LogP contribution in [-0.2, 0) is 53.3 Å². The maximum absolute atomic E-state index is 10.6. The van der Waals surface area contributed by atoms with Crippen molar-refractivity contribution >= 4 is 11.9 Å². The van der Waals surface area contributed by atoms with Crippen molar-refractivity contribution in [3.8, 4) is 0 Å². The van der Waals surface area contributed by atoms with Gasteiger partial charge in [0.05, 0.1) is 6.61 Å². The molecule has 0 rings (SSSR count). The van der Waals surface area contributed by atoms with Crippen LogP contribution in [0.15, 0.2) is 24.8 Å². The molecular weight excluding hydrogens is 315 g/mol. The molecule has 0 heterocycles. The first kappa shape index (κ1) is 24.8. The Morgan fingerprint density at radius 1 is 1.38 bits per heavy atom. The molecule has 0 bridgehead atoms. The van der Waals surface area contributed by atoms with Gasteiger partial charge in [0.2, 0.25) is 0 Å². The number of carboxylic acids is 1. The molecule has 6 heteroatoms. The average Bonchev–Trinajstić information content (AvgIpc) is 2.14. The summed E-state index contributed by atoms with van der Waals surface area (Å²) in [6.45, 7) is 10.5. The summed E-state index contributed by atoms with van der Waals surface area (Å²) in [7, 11) is 0. The SMILES string of the molecule is C=C(C)C(=O)OCCC.C=CC(=O)O.[Zn].[Zn]. The maximum Gasteiger partial charge on any atom is 0.333 e. The van der Waals surface area contributed by atoms with E-state index < -0.39 is 5.97 Å². The van der Waals surface area contributed by atoms with E-state index in [-0.39, 0.29) is 44.9 Å². The van der Waals surface area contributed by atoms with Crippen molar-refractivity contribution in [2.45, 2.75) is 20.3 Å². The third-order valence-corrected chi connectivity index (χ3v) is 0.960. The van der Waals surface area contributed by atoms with Crippen molar-refractivity contribution < 1.29 is 58.4 Å². The molecule has 0 aromatic carbocycles. The fourth-order valence-corrected chi connectivity index (χ4v) is 0.318. The van der Waals surface area contributed by atoms with Crippen LogP contribution in [-0.4, -0.2) is 23.7 Å². The van der Waals surface area contributed by atoms with Crippen LogP contribution in [0.25, 0.3) is 0 Å². The van der Waals surface area contributed by atoms with E-state index in [1.54, 1.807) is 6.92 Å². The molecule has 0 unspecified atom stereocenters. The molecule has 0 aromatic heterocycles. The molecule has 0 amide bonds. The van der Waals surface area contributed by atoms with E-state index in [0.717, 1.165) is 12.5 Å². The fourth-order valence-electron chi connectivity index (χ4n) is 0.318. The maximum atomic E-state index is 10.6. The Balaban J connectivity index is -0.0000000904. The molecule has 0 aliphatic carbocycles. The van der Waals surface area contributed by atoms with E-state index in [4.69, 9.17) is 9.84 Å². The Morgan fingerprint density at radius 2 is 1.75 bits per heavy atom. The normalized spacial score (nSPS) is 6.88. The molecular formula is C10H16O4Zn2. The predicted molar refractivity (Wildman–Crippen MR) is 53.9 cm³/mol. The summed E-state index contributed by atoms with van der Waals surface area (Å²) in [6.07, 6.45) is 1.69. The quantitative estimate of drug-likeness (QED) is 0.484. The second-order valence-corrected chi connectivity index (χ2v) is 2.46. The third kappa shape index (κ3) is 23.5. The van der Waals surface area contributed by atoms with E-state index in [2.05, 4.69) is 13.2 Å². The number of ether oxygens (including phenoxy) is 1. The number of aliphatic carboxylic acids is 1. The minimum Gasteiger partial charge on any atom is -0.478 e. The molecule has 0 atom stereocenters. The largest absolute Gasteiger partial charge is 0.478 e. The number of carbonyl (C=O) groups excluding carboxylic acids is 1. The number of rotatable bonds is 4. The molecule has 0 radical (unpaired) electrons. The van der Waals surface area contributed by atoms with Gasteiger partial charge in [0.1, 0.15) is 0 Å². The van der Waals surface area contributed by atoms with Crippen LogP contribution in [0.2, 0.25) is 0 Å². The summed E-state index contributed by atoms with van der Waals surface area (Å²) in [5, 5.41) is 7.60. The van der Waals surface area contributed by atoms with Gasteiger partial charge in [-0.25, -0.2) is 9.59 Å². The molecule has 0 spiro atoms. The zero-order chi connectivity index (χ0) is 11.6. The van der Waals surface area contributed by atoms with Crippen LogP contribution in [0, 0.1) is 0 Å². The first-order valence-electron chi connectivity index (χ1n) is 4.13. The molecule has 0 saturated carbocycles. The van der Waals surface area contributed by atoms with Crippen LogP contribution >= 0.6 is 0 Å². The first-order chi connectivity index (χ1) is 6.45. The monoisotopic (exact) mass is 328 g/mol. The summed E-state index contributed by atoms with van der Waals surface area (Å²) >= 11 is 0. The van der Waals surface area contributed by atoms with E-state index in [1.807, 2.05) is 6.92 Å². The van der Waals surface area contributed by atoms with Gasteiger partial charge in [-0.1, -0.05) is 20.1 Å². The van der Waals surface area contributed by atoms with Gasteiger partial charge in [-0.3, -0.25) is 0 Å². The van der Waals surface area contributed by atoms with Crippen molar-refractivity contribution in [1.82, 2.24) is 0 Å². The van der Waals surface area contributed by atoms with Crippen LogP contribution in [0.5, 0.6) is 0 Å². The van der Waals surface area contributed by atoms with E-state index in [9.17, 15) is 9.59 Å². The molecule has 0 saturated heterocycles. The number of hydrogen-bond donors (Lipinski definition) is 1. The van der Waals surface area contributed by atoms with Crippen LogP contribution in [0.3, 0.4) is 0 Å². The van der Waals surface area contributed by atoms with E-state index in [1.165, 1.54) is 0 Å². The van der Waals surface area contributed by atoms with Gasteiger partial charge in [0.15, 0.2) is 0 Å². The molecule has 0 fully saturated rings. The Labute approximate surface area is 122 Å². The number of hydrogen-bond acceptors (Lipinski definition) is 3. The Kier molecular flexibility index (Phi) is 26.4. The van der Waals surface area contributed by atoms with E-state index in [0.29, 0.717) is 12.2 Å². The molecule has 16 heavy (non-hydrogen) atoms. The summed E-state index contributed by atoms with van der Waals surface area (Å²) in [5.41, 5.74) is 0.462. The van der Waals surface area contributed by atoms with Crippen molar-refractivity contribution in [1.29, 1.82) is 0 Å². The topological polar surface area (TPSA) is 63.6 Å². The molecule has 1 N–H and O–H groups in total. The minimum absolute atomic E-state index is 0. The Bertz CT molecular complexity index is 227. The zero-order valence-electron chi connectivity index (χ0n) is 9.99. The van der Waals surface area contributed by atoms with Crippen LogP contribution < -0.4 is 0 Å². The van der Waals surface area contributed by atoms with Crippen LogP contribution in [0.4, 0.5) is 0 Å². The van der Waals surface area contributed by atoms with Gasteiger partial charge in [0.25, 0.3) is 0 Å². The smallest absolute Gasteiger partial charge is 0.333 e. The minimum atomic E-state index is -0.981. The van der Waals surface area contributed by atoms with Crippen LogP contribution in [0.1, 0.15) is 20.3 Å². The third-order valence-electron chi connectivity index (χ3n) is 0.960. The van der Waals surface area contributed by atoms with Gasteiger partial charge in [-0.2, -0.15) is 0 Å². The van der Waals surface area contributed by atoms with Crippen molar-refractivity contribution in [2.75, 3.05) is 6.61 Å². The molecule has 0 aliphatic heterocycles. The fraction of sp³-hybridized carbons (Fsp3) is 0.400. The average molecular weight is 331 g/mol. The number of carbonyl (C=O) groups is 2.